The zero-order valence-electron chi connectivity index (χ0n) is 20.3. The highest BCUT2D eigenvalue weighted by molar-refractivity contribution is 6.31. The highest BCUT2D eigenvalue weighted by Gasteiger charge is 2.22. The molecule has 10 heteroatoms. The Bertz CT molecular complexity index is 1250. The number of fused-ring (bicyclic) bond motifs is 1. The molecule has 0 atom stereocenters. The van der Waals surface area contributed by atoms with Gasteiger partial charge < -0.3 is 25.0 Å². The van der Waals surface area contributed by atoms with Crippen molar-refractivity contribution >= 4 is 45.6 Å². The predicted octanol–water partition coefficient (Wildman–Crippen LogP) is 5.17. The number of hydrogen-bond donors (Lipinski definition) is 2. The van der Waals surface area contributed by atoms with E-state index in [0.717, 1.165) is 25.8 Å². The zero-order valence-corrected chi connectivity index (χ0v) is 21.0. The first-order valence-corrected chi connectivity index (χ1v) is 12.1. The summed E-state index contributed by atoms with van der Waals surface area (Å²) in [6, 6.07) is 7.92. The van der Waals surface area contributed by atoms with Crippen LogP contribution in [0.25, 0.3) is 10.9 Å². The van der Waals surface area contributed by atoms with Crippen LogP contribution < -0.4 is 15.4 Å². The van der Waals surface area contributed by atoms with Crippen molar-refractivity contribution < 1.29 is 18.7 Å². The molecule has 0 unspecified atom stereocenters. The molecule has 1 aliphatic carbocycles. The summed E-state index contributed by atoms with van der Waals surface area (Å²) in [7, 11) is 3.61. The Labute approximate surface area is 214 Å². The maximum Gasteiger partial charge on any atom is 0.248 e. The summed E-state index contributed by atoms with van der Waals surface area (Å²) in [5.41, 5.74) is 1.73. The molecule has 1 amide bonds. The minimum atomic E-state index is -0.504. The van der Waals surface area contributed by atoms with Crippen LogP contribution in [0.1, 0.15) is 19.3 Å². The largest absolute Gasteiger partial charge is 0.488 e. The number of anilines is 3. The average Bonchev–Trinajstić information content (AvgIpc) is 2.83. The first-order valence-electron chi connectivity index (χ1n) is 11.8. The van der Waals surface area contributed by atoms with Gasteiger partial charge in [0, 0.05) is 43.4 Å². The molecule has 0 bridgehead atoms. The van der Waals surface area contributed by atoms with Gasteiger partial charge in [-0.2, -0.15) is 0 Å². The molecule has 0 spiro atoms. The van der Waals surface area contributed by atoms with Crippen molar-refractivity contribution in [1.82, 2.24) is 14.9 Å². The van der Waals surface area contributed by atoms with E-state index in [1.54, 1.807) is 31.4 Å². The Morgan fingerprint density at radius 2 is 2.11 bits per heavy atom. The molecular formula is C26H29ClFN5O3. The van der Waals surface area contributed by atoms with Gasteiger partial charge in [0.15, 0.2) is 0 Å². The van der Waals surface area contributed by atoms with Crippen molar-refractivity contribution in [2.24, 2.45) is 0 Å². The van der Waals surface area contributed by atoms with Crippen LogP contribution in [0.15, 0.2) is 48.8 Å². The molecule has 3 aromatic rings. The molecule has 1 fully saturated rings. The van der Waals surface area contributed by atoms with Crippen molar-refractivity contribution in [3.63, 3.8) is 0 Å². The van der Waals surface area contributed by atoms with Crippen molar-refractivity contribution in [3.05, 3.63) is 59.7 Å². The maximum atomic E-state index is 13.6. The molecule has 1 aliphatic rings. The summed E-state index contributed by atoms with van der Waals surface area (Å²) in [6.45, 7) is 2.00. The molecule has 36 heavy (non-hydrogen) atoms. The molecule has 0 aliphatic heterocycles. The van der Waals surface area contributed by atoms with Crippen LogP contribution in [-0.4, -0.2) is 60.7 Å². The monoisotopic (exact) mass is 513 g/mol. The van der Waals surface area contributed by atoms with Gasteiger partial charge in [-0.3, -0.25) is 4.79 Å². The summed E-state index contributed by atoms with van der Waals surface area (Å²) in [6.07, 6.45) is 7.92. The van der Waals surface area contributed by atoms with Crippen LogP contribution in [0.3, 0.4) is 0 Å². The van der Waals surface area contributed by atoms with Gasteiger partial charge in [0.05, 0.1) is 28.9 Å². The minimum absolute atomic E-state index is 0.00199. The molecular weight excluding hydrogens is 485 g/mol. The van der Waals surface area contributed by atoms with Gasteiger partial charge in [0.1, 0.15) is 23.7 Å². The second-order valence-electron chi connectivity index (χ2n) is 8.66. The number of aromatic nitrogens is 2. The van der Waals surface area contributed by atoms with E-state index >= 15 is 0 Å². The third-order valence-electron chi connectivity index (χ3n) is 5.89. The van der Waals surface area contributed by atoms with Crippen LogP contribution >= 0.6 is 11.6 Å². The first kappa shape index (κ1) is 25.8. The van der Waals surface area contributed by atoms with E-state index < -0.39 is 5.82 Å². The summed E-state index contributed by atoms with van der Waals surface area (Å²) >= 11 is 5.93. The number of halogens is 2. The second kappa shape index (κ2) is 12.1. The van der Waals surface area contributed by atoms with Crippen molar-refractivity contribution in [1.29, 1.82) is 0 Å². The van der Waals surface area contributed by atoms with Crippen LogP contribution in [0.5, 0.6) is 5.75 Å². The first-order chi connectivity index (χ1) is 17.4. The normalized spacial score (nSPS) is 13.8. The Morgan fingerprint density at radius 3 is 2.83 bits per heavy atom. The van der Waals surface area contributed by atoms with Crippen LogP contribution in [0.2, 0.25) is 5.02 Å². The lowest BCUT2D eigenvalue weighted by Crippen LogP contribution is -2.25. The fourth-order valence-electron chi connectivity index (χ4n) is 3.61. The van der Waals surface area contributed by atoms with E-state index in [4.69, 9.17) is 21.1 Å². The van der Waals surface area contributed by atoms with Crippen molar-refractivity contribution in [3.8, 4) is 5.75 Å². The zero-order chi connectivity index (χ0) is 25.5. The number of likely N-dealkylation sites (N-methyl/N-ethyl adjacent to an activating group) is 1. The van der Waals surface area contributed by atoms with Gasteiger partial charge in [0.25, 0.3) is 0 Å². The van der Waals surface area contributed by atoms with Gasteiger partial charge in [-0.1, -0.05) is 17.7 Å². The smallest absolute Gasteiger partial charge is 0.248 e. The molecule has 0 radical (unpaired) electrons. The molecule has 1 saturated carbocycles. The number of amides is 1. The summed E-state index contributed by atoms with van der Waals surface area (Å²) in [4.78, 5) is 23.5. The molecule has 8 nitrogen and oxygen atoms in total. The summed E-state index contributed by atoms with van der Waals surface area (Å²) < 4.78 is 24.8. The molecule has 1 aromatic heterocycles. The Hall–Kier alpha value is -3.27. The van der Waals surface area contributed by atoms with E-state index in [1.165, 1.54) is 24.5 Å². The molecule has 1 heterocycles. The molecule has 2 N–H and O–H groups in total. The SMILES string of the molecule is COCCN(C)CC=CC(=O)Nc1cc2c(Nc3ccc(F)c(Cl)c3)ncnc2cc1OC1CCC1. The predicted molar refractivity (Wildman–Crippen MR) is 140 cm³/mol. The van der Waals surface area contributed by atoms with Gasteiger partial charge in [-0.05, 0) is 50.6 Å². The Morgan fingerprint density at radius 1 is 1.28 bits per heavy atom. The quantitative estimate of drug-likeness (QED) is 0.342. The number of benzene rings is 2. The van der Waals surface area contributed by atoms with Crippen LogP contribution in [-0.2, 0) is 9.53 Å². The van der Waals surface area contributed by atoms with Gasteiger partial charge in [-0.15, -0.1) is 0 Å². The highest BCUT2D eigenvalue weighted by Crippen LogP contribution is 2.36. The lowest BCUT2D eigenvalue weighted by Gasteiger charge is -2.27. The fraction of sp³-hybridized carbons (Fsp3) is 0.346. The number of hydrogen-bond acceptors (Lipinski definition) is 7. The lowest BCUT2D eigenvalue weighted by atomic mass is 9.96. The number of nitrogens with one attached hydrogen (secondary N) is 2. The molecule has 2 aromatic carbocycles. The van der Waals surface area contributed by atoms with Gasteiger partial charge in [-0.25, -0.2) is 14.4 Å². The number of rotatable bonds is 11. The number of ether oxygens (including phenoxy) is 2. The van der Waals surface area contributed by atoms with Crippen LogP contribution in [0, 0.1) is 5.82 Å². The number of nitrogens with zero attached hydrogens (tertiary/aromatic N) is 3. The fourth-order valence-corrected chi connectivity index (χ4v) is 3.79. The van der Waals surface area contributed by atoms with E-state index in [2.05, 4.69) is 20.6 Å². The van der Waals surface area contributed by atoms with Gasteiger partial charge in [0.2, 0.25) is 5.91 Å². The molecule has 0 saturated heterocycles. The Kier molecular flexibility index (Phi) is 8.69. The highest BCUT2D eigenvalue weighted by atomic mass is 35.5. The third kappa shape index (κ3) is 6.69. The van der Waals surface area contributed by atoms with Crippen molar-refractivity contribution in [2.45, 2.75) is 25.4 Å². The molecule has 190 valence electrons. The topological polar surface area (TPSA) is 88.6 Å². The standard InChI is InChI=1S/C26H29ClFN5O3/c1-33(11-12-35-2)10-4-7-25(34)32-23-14-19-22(15-24(23)36-18-5-3-6-18)29-16-30-26(19)31-17-8-9-21(28)20(27)13-17/h4,7-9,13-16,18H,3,5-6,10-12H2,1-2H3,(H,32,34)(H,29,30,31). The van der Waals surface area contributed by atoms with Gasteiger partial charge >= 0.3 is 0 Å². The summed E-state index contributed by atoms with van der Waals surface area (Å²) in [5, 5.41) is 6.76. The number of carbonyl (C=O) groups excluding carboxylic acids is 1. The number of methoxy groups -OCH3 is 1. The summed E-state index contributed by atoms with van der Waals surface area (Å²) in [5.74, 6) is 0.268. The average molecular weight is 514 g/mol. The van der Waals surface area contributed by atoms with E-state index in [1.807, 2.05) is 11.9 Å². The van der Waals surface area contributed by atoms with Crippen molar-refractivity contribution in [2.75, 3.05) is 44.5 Å². The minimum Gasteiger partial charge on any atom is -0.488 e. The molecule has 4 rings (SSSR count). The van der Waals surface area contributed by atoms with E-state index in [9.17, 15) is 9.18 Å². The maximum absolute atomic E-state index is 13.6. The Balaban J connectivity index is 1.58. The third-order valence-corrected chi connectivity index (χ3v) is 6.18. The lowest BCUT2D eigenvalue weighted by molar-refractivity contribution is -0.111. The second-order valence-corrected chi connectivity index (χ2v) is 9.07. The van der Waals surface area contributed by atoms with E-state index in [0.29, 0.717) is 47.0 Å². The number of carbonyl (C=O) groups is 1. The van der Waals surface area contributed by atoms with Crippen LogP contribution in [0.4, 0.5) is 21.6 Å². The van der Waals surface area contributed by atoms with E-state index in [-0.39, 0.29) is 17.0 Å².